The molecule has 60 valence electrons. The van der Waals surface area contributed by atoms with Gasteiger partial charge in [-0.3, -0.25) is 4.79 Å². The first kappa shape index (κ1) is 9.39. The number of carboxylic acids is 1. The van der Waals surface area contributed by atoms with E-state index in [9.17, 15) is 9.90 Å². The second-order valence-corrected chi connectivity index (χ2v) is 2.60. The van der Waals surface area contributed by atoms with E-state index in [4.69, 9.17) is 5.11 Å². The lowest BCUT2D eigenvalue weighted by molar-refractivity contribution is -0.141. The molecule has 0 aliphatic rings. The van der Waals surface area contributed by atoms with Gasteiger partial charge in [-0.1, -0.05) is 0 Å². The van der Waals surface area contributed by atoms with Crippen LogP contribution in [0.2, 0.25) is 0 Å². The Morgan fingerprint density at radius 3 is 2.50 bits per heavy atom. The first-order valence-corrected chi connectivity index (χ1v) is 3.07. The van der Waals surface area contributed by atoms with Crippen molar-refractivity contribution in [3.63, 3.8) is 0 Å². The van der Waals surface area contributed by atoms with Crippen molar-refractivity contribution in [3.05, 3.63) is 0 Å². The number of likely N-dealkylation sites (N-methyl/N-ethyl adjacent to an activating group) is 1. The van der Waals surface area contributed by atoms with Crippen LogP contribution >= 0.6 is 0 Å². The Morgan fingerprint density at radius 1 is 1.70 bits per heavy atom. The smallest absolute Gasteiger partial charge is 0.306 e. The van der Waals surface area contributed by atoms with Crippen molar-refractivity contribution < 1.29 is 15.0 Å². The fraction of sp³-hybridized carbons (Fsp3) is 0.833. The van der Waals surface area contributed by atoms with Gasteiger partial charge in [0, 0.05) is 6.54 Å². The SMILES string of the molecule is CNCC(C)(O)CC(=O)O. The lowest BCUT2D eigenvalue weighted by atomic mass is 10.0. The first-order valence-electron chi connectivity index (χ1n) is 3.07. The number of hydrogen-bond donors (Lipinski definition) is 3. The minimum absolute atomic E-state index is 0.228. The van der Waals surface area contributed by atoms with Crippen molar-refractivity contribution in [2.45, 2.75) is 18.9 Å². The van der Waals surface area contributed by atoms with Gasteiger partial charge in [0.25, 0.3) is 0 Å². The van der Waals surface area contributed by atoms with E-state index in [1.807, 2.05) is 0 Å². The second kappa shape index (κ2) is 3.53. The van der Waals surface area contributed by atoms with Gasteiger partial charge < -0.3 is 15.5 Å². The van der Waals surface area contributed by atoms with Gasteiger partial charge in [-0.25, -0.2) is 0 Å². The Hall–Kier alpha value is -0.610. The van der Waals surface area contributed by atoms with Crippen molar-refractivity contribution in [2.24, 2.45) is 0 Å². The molecular formula is C6H13NO3. The van der Waals surface area contributed by atoms with Crippen LogP contribution in [0.4, 0.5) is 0 Å². The van der Waals surface area contributed by atoms with Crippen LogP contribution in [-0.2, 0) is 4.79 Å². The fourth-order valence-corrected chi connectivity index (χ4v) is 0.769. The van der Waals surface area contributed by atoms with Crippen molar-refractivity contribution in [3.8, 4) is 0 Å². The molecule has 0 aliphatic carbocycles. The largest absolute Gasteiger partial charge is 0.481 e. The van der Waals surface area contributed by atoms with Crippen molar-refractivity contribution in [1.29, 1.82) is 0 Å². The molecule has 10 heavy (non-hydrogen) atoms. The van der Waals surface area contributed by atoms with Crippen molar-refractivity contribution in [1.82, 2.24) is 5.32 Å². The lowest BCUT2D eigenvalue weighted by Crippen LogP contribution is -2.38. The summed E-state index contributed by atoms with van der Waals surface area (Å²) in [6.07, 6.45) is -0.228. The first-order chi connectivity index (χ1) is 4.48. The van der Waals surface area contributed by atoms with Crippen LogP contribution in [0.3, 0.4) is 0 Å². The molecule has 0 aromatic carbocycles. The van der Waals surface area contributed by atoms with Gasteiger partial charge in [-0.15, -0.1) is 0 Å². The molecular weight excluding hydrogens is 134 g/mol. The average molecular weight is 147 g/mol. The standard InChI is InChI=1S/C6H13NO3/c1-6(10,4-7-2)3-5(8)9/h7,10H,3-4H2,1-2H3,(H,8,9). The highest BCUT2D eigenvalue weighted by Crippen LogP contribution is 2.06. The second-order valence-electron chi connectivity index (χ2n) is 2.60. The third kappa shape index (κ3) is 4.29. The van der Waals surface area contributed by atoms with Gasteiger partial charge in [0.2, 0.25) is 0 Å². The van der Waals surface area contributed by atoms with Crippen LogP contribution in [0, 0.1) is 0 Å². The zero-order chi connectivity index (χ0) is 8.20. The van der Waals surface area contributed by atoms with E-state index in [0.717, 1.165) is 0 Å². The predicted octanol–water partition coefficient (Wildman–Crippen LogP) is -0.569. The maximum atomic E-state index is 10.1. The number of aliphatic hydroxyl groups is 1. The molecule has 1 atom stereocenters. The molecule has 0 fully saturated rings. The molecule has 4 nitrogen and oxygen atoms in total. The van der Waals surface area contributed by atoms with Crippen molar-refractivity contribution >= 4 is 5.97 Å². The number of hydrogen-bond acceptors (Lipinski definition) is 3. The van der Waals surface area contributed by atoms with Crippen LogP contribution in [0.25, 0.3) is 0 Å². The Kier molecular flexibility index (Phi) is 3.32. The van der Waals surface area contributed by atoms with E-state index in [1.165, 1.54) is 6.92 Å². The molecule has 0 rings (SSSR count). The topological polar surface area (TPSA) is 69.6 Å². The molecule has 4 heteroatoms. The van der Waals surface area contributed by atoms with Crippen LogP contribution in [0.1, 0.15) is 13.3 Å². The molecule has 3 N–H and O–H groups in total. The molecule has 0 spiro atoms. The highest BCUT2D eigenvalue weighted by molar-refractivity contribution is 5.68. The summed E-state index contributed by atoms with van der Waals surface area (Å²) in [4.78, 5) is 10.1. The number of aliphatic carboxylic acids is 1. The third-order valence-corrected chi connectivity index (χ3v) is 1.09. The number of nitrogens with one attached hydrogen (secondary N) is 1. The van der Waals surface area contributed by atoms with Crippen LogP contribution < -0.4 is 5.32 Å². The minimum atomic E-state index is -1.14. The molecule has 0 heterocycles. The van der Waals surface area contributed by atoms with Gasteiger partial charge in [0.05, 0.1) is 12.0 Å². The Morgan fingerprint density at radius 2 is 2.20 bits per heavy atom. The maximum absolute atomic E-state index is 10.1. The highest BCUT2D eigenvalue weighted by atomic mass is 16.4. The summed E-state index contributed by atoms with van der Waals surface area (Å²) >= 11 is 0. The summed E-state index contributed by atoms with van der Waals surface area (Å²) in [5, 5.41) is 20.2. The van der Waals surface area contributed by atoms with E-state index < -0.39 is 11.6 Å². The molecule has 0 aromatic rings. The molecule has 1 unspecified atom stereocenters. The molecule has 0 saturated heterocycles. The Labute approximate surface area is 59.9 Å². The minimum Gasteiger partial charge on any atom is -0.481 e. The van der Waals surface area contributed by atoms with Gasteiger partial charge in [-0.05, 0) is 14.0 Å². The summed E-state index contributed by atoms with van der Waals surface area (Å²) in [5.41, 5.74) is -1.14. The van der Waals surface area contributed by atoms with E-state index >= 15 is 0 Å². The third-order valence-electron chi connectivity index (χ3n) is 1.09. The van der Waals surface area contributed by atoms with Crippen LogP contribution in [-0.4, -0.2) is 35.4 Å². The predicted molar refractivity (Wildman–Crippen MR) is 36.8 cm³/mol. The molecule has 0 bridgehead atoms. The summed E-state index contributed by atoms with van der Waals surface area (Å²) < 4.78 is 0. The molecule has 0 saturated carbocycles. The van der Waals surface area contributed by atoms with Crippen molar-refractivity contribution in [2.75, 3.05) is 13.6 Å². The summed E-state index contributed by atoms with van der Waals surface area (Å²) in [5.74, 6) is -0.986. The van der Waals surface area contributed by atoms with Gasteiger partial charge in [0.15, 0.2) is 0 Å². The number of carboxylic acid groups (broad SMARTS) is 1. The maximum Gasteiger partial charge on any atom is 0.306 e. The molecule has 0 aromatic heterocycles. The summed E-state index contributed by atoms with van der Waals surface area (Å²) in [6, 6.07) is 0. The summed E-state index contributed by atoms with van der Waals surface area (Å²) in [6.45, 7) is 1.77. The fourth-order valence-electron chi connectivity index (χ4n) is 0.769. The highest BCUT2D eigenvalue weighted by Gasteiger charge is 2.22. The zero-order valence-corrected chi connectivity index (χ0v) is 6.22. The molecule has 0 aliphatic heterocycles. The van der Waals surface area contributed by atoms with Gasteiger partial charge in [-0.2, -0.15) is 0 Å². The zero-order valence-electron chi connectivity index (χ0n) is 6.22. The van der Waals surface area contributed by atoms with E-state index in [0.29, 0.717) is 6.54 Å². The molecule has 0 amide bonds. The van der Waals surface area contributed by atoms with Crippen LogP contribution in [0.5, 0.6) is 0 Å². The quantitative estimate of drug-likeness (QED) is 0.498. The molecule has 0 radical (unpaired) electrons. The monoisotopic (exact) mass is 147 g/mol. The lowest BCUT2D eigenvalue weighted by Gasteiger charge is -2.19. The van der Waals surface area contributed by atoms with Gasteiger partial charge in [0.1, 0.15) is 0 Å². The Balaban J connectivity index is 3.74. The number of rotatable bonds is 4. The van der Waals surface area contributed by atoms with E-state index in [2.05, 4.69) is 5.32 Å². The van der Waals surface area contributed by atoms with E-state index in [1.54, 1.807) is 7.05 Å². The Bertz CT molecular complexity index is 122. The van der Waals surface area contributed by atoms with Gasteiger partial charge >= 0.3 is 5.97 Å². The number of carbonyl (C=O) groups is 1. The van der Waals surface area contributed by atoms with E-state index in [-0.39, 0.29) is 6.42 Å². The average Bonchev–Trinajstić information content (AvgIpc) is 1.59. The normalized spacial score (nSPS) is 16.3. The summed E-state index contributed by atoms with van der Waals surface area (Å²) in [7, 11) is 1.66. The van der Waals surface area contributed by atoms with Crippen LogP contribution in [0.15, 0.2) is 0 Å².